The second-order valence-electron chi connectivity index (χ2n) is 5.90. The van der Waals surface area contributed by atoms with Crippen LogP contribution >= 0.6 is 11.3 Å². The fourth-order valence-corrected chi connectivity index (χ4v) is 4.15. The van der Waals surface area contributed by atoms with Crippen molar-refractivity contribution in [1.82, 2.24) is 4.98 Å². The van der Waals surface area contributed by atoms with Gasteiger partial charge in [0.25, 0.3) is 0 Å². The van der Waals surface area contributed by atoms with E-state index in [0.717, 1.165) is 16.9 Å². The fourth-order valence-electron chi connectivity index (χ4n) is 2.24. The minimum Gasteiger partial charge on any atom is -0.418 e. The summed E-state index contributed by atoms with van der Waals surface area (Å²) in [5, 5.41) is 4.95. The second kappa shape index (κ2) is 7.01. The number of nitrogens with zero attached hydrogens (tertiary/aromatic N) is 1. The van der Waals surface area contributed by atoms with Crippen LogP contribution < -0.4 is 5.32 Å². The van der Waals surface area contributed by atoms with Gasteiger partial charge in [0.05, 0.1) is 9.77 Å². The van der Waals surface area contributed by atoms with Gasteiger partial charge in [0, 0.05) is 6.04 Å². The summed E-state index contributed by atoms with van der Waals surface area (Å²) in [5.74, 6) is 0.504. The van der Waals surface area contributed by atoms with Crippen LogP contribution in [-0.4, -0.2) is 19.4 Å². The van der Waals surface area contributed by atoms with Crippen LogP contribution in [0.4, 0.5) is 5.88 Å². The Kier molecular flexibility index (Phi) is 4.96. The molecule has 1 aromatic carbocycles. The molecule has 25 heavy (non-hydrogen) atoms. The molecule has 1 unspecified atom stereocenters. The molecule has 0 radical (unpaired) electrons. The van der Waals surface area contributed by atoms with Crippen LogP contribution in [0.3, 0.4) is 0 Å². The minimum atomic E-state index is -3.77. The van der Waals surface area contributed by atoms with Gasteiger partial charge >= 0.3 is 0 Å². The van der Waals surface area contributed by atoms with E-state index in [1.807, 2.05) is 38.3 Å². The van der Waals surface area contributed by atoms with Gasteiger partial charge in [-0.2, -0.15) is 4.98 Å². The van der Waals surface area contributed by atoms with Crippen LogP contribution in [0.1, 0.15) is 25.8 Å². The number of sulfone groups is 1. The van der Waals surface area contributed by atoms with E-state index < -0.39 is 9.84 Å². The maximum Gasteiger partial charge on any atom is 0.240 e. The normalized spacial score (nSPS) is 12.9. The molecule has 0 aliphatic heterocycles. The molecular formula is C18H20N2O3S2. The molecule has 0 fully saturated rings. The Balaban J connectivity index is 2.10. The van der Waals surface area contributed by atoms with E-state index >= 15 is 0 Å². The molecule has 5 nitrogen and oxygen atoms in total. The number of hydrogen-bond donors (Lipinski definition) is 1. The molecule has 3 rings (SSSR count). The average molecular weight is 377 g/mol. The Morgan fingerprint density at radius 3 is 2.56 bits per heavy atom. The van der Waals surface area contributed by atoms with E-state index in [2.05, 4.69) is 10.3 Å². The predicted molar refractivity (Wildman–Crippen MR) is 99.8 cm³/mol. The van der Waals surface area contributed by atoms with Gasteiger partial charge in [-0.05, 0) is 43.8 Å². The van der Waals surface area contributed by atoms with Gasteiger partial charge in [0.15, 0.2) is 0 Å². The maximum absolute atomic E-state index is 13.1. The highest BCUT2D eigenvalue weighted by Crippen LogP contribution is 2.34. The lowest BCUT2D eigenvalue weighted by atomic mass is 10.2. The highest BCUT2D eigenvalue weighted by molar-refractivity contribution is 7.91. The van der Waals surface area contributed by atoms with Crippen LogP contribution in [0.2, 0.25) is 0 Å². The van der Waals surface area contributed by atoms with E-state index in [4.69, 9.17) is 4.42 Å². The Morgan fingerprint density at radius 2 is 1.96 bits per heavy atom. The smallest absolute Gasteiger partial charge is 0.240 e. The lowest BCUT2D eigenvalue weighted by Gasteiger charge is -2.11. The molecule has 1 atom stereocenters. The number of nitrogens with one attached hydrogen (secondary N) is 1. The molecule has 3 aromatic rings. The zero-order valence-corrected chi connectivity index (χ0v) is 15.9. The summed E-state index contributed by atoms with van der Waals surface area (Å²) in [6.07, 6.45) is 0.832. The monoisotopic (exact) mass is 376 g/mol. The topological polar surface area (TPSA) is 72.2 Å². The molecule has 0 amide bonds. The number of thiophene rings is 1. The van der Waals surface area contributed by atoms with Gasteiger partial charge in [0.1, 0.15) is 0 Å². The fraction of sp³-hybridized carbons (Fsp3) is 0.278. The summed E-state index contributed by atoms with van der Waals surface area (Å²) in [6.45, 7) is 5.90. The SMILES string of the molecule is CCC(C)Nc1oc(-c2cccs2)nc1S(=O)(=O)c1ccc(C)cc1. The first kappa shape index (κ1) is 17.7. The quantitative estimate of drug-likeness (QED) is 0.672. The first-order valence-electron chi connectivity index (χ1n) is 8.04. The van der Waals surface area contributed by atoms with E-state index in [-0.39, 0.29) is 21.8 Å². The van der Waals surface area contributed by atoms with E-state index in [0.29, 0.717) is 5.89 Å². The molecule has 2 aromatic heterocycles. The zero-order valence-electron chi connectivity index (χ0n) is 14.3. The van der Waals surface area contributed by atoms with Crippen LogP contribution in [0.25, 0.3) is 10.8 Å². The lowest BCUT2D eigenvalue weighted by molar-refractivity contribution is 0.567. The first-order chi connectivity index (χ1) is 11.9. The minimum absolute atomic E-state index is 0.0658. The molecule has 0 spiro atoms. The van der Waals surface area contributed by atoms with Gasteiger partial charge in [-0.15, -0.1) is 11.3 Å². The molecule has 0 bridgehead atoms. The van der Waals surface area contributed by atoms with Crippen molar-refractivity contribution in [2.24, 2.45) is 0 Å². The van der Waals surface area contributed by atoms with Crippen LogP contribution in [0.15, 0.2) is 56.1 Å². The molecule has 2 heterocycles. The lowest BCUT2D eigenvalue weighted by Crippen LogP contribution is -2.15. The third-order valence-electron chi connectivity index (χ3n) is 3.90. The number of benzene rings is 1. The molecule has 1 N–H and O–H groups in total. The van der Waals surface area contributed by atoms with E-state index in [1.165, 1.54) is 11.3 Å². The Bertz CT molecular complexity index is 943. The van der Waals surface area contributed by atoms with Gasteiger partial charge in [-0.25, -0.2) is 8.42 Å². The first-order valence-corrected chi connectivity index (χ1v) is 10.4. The van der Waals surface area contributed by atoms with E-state index in [9.17, 15) is 8.42 Å². The summed E-state index contributed by atoms with van der Waals surface area (Å²) < 4.78 is 31.9. The Labute approximate surface area is 151 Å². The zero-order chi connectivity index (χ0) is 18.0. The third-order valence-corrected chi connectivity index (χ3v) is 6.44. The van der Waals surface area contributed by atoms with Crippen molar-refractivity contribution in [2.45, 2.75) is 43.2 Å². The Morgan fingerprint density at radius 1 is 1.24 bits per heavy atom. The summed E-state index contributed by atoms with van der Waals surface area (Å²) in [4.78, 5) is 5.30. The number of aryl methyl sites for hydroxylation is 1. The highest BCUT2D eigenvalue weighted by atomic mass is 32.2. The molecular weight excluding hydrogens is 356 g/mol. The molecule has 132 valence electrons. The van der Waals surface area contributed by atoms with Gasteiger partial charge < -0.3 is 9.73 Å². The number of anilines is 1. The Hall–Kier alpha value is -2.12. The summed E-state index contributed by atoms with van der Waals surface area (Å²) in [5.41, 5.74) is 0.997. The highest BCUT2D eigenvalue weighted by Gasteiger charge is 2.29. The molecule has 0 aliphatic rings. The molecule has 0 saturated heterocycles. The average Bonchev–Trinajstić information content (AvgIpc) is 3.24. The summed E-state index contributed by atoms with van der Waals surface area (Å²) in [7, 11) is -3.77. The van der Waals surface area contributed by atoms with Crippen molar-refractivity contribution in [3.05, 3.63) is 47.3 Å². The second-order valence-corrected chi connectivity index (χ2v) is 8.71. The van der Waals surface area contributed by atoms with Crippen molar-refractivity contribution in [3.8, 4) is 10.8 Å². The largest absolute Gasteiger partial charge is 0.418 e. The van der Waals surface area contributed by atoms with Crippen molar-refractivity contribution in [3.63, 3.8) is 0 Å². The number of oxazole rings is 1. The van der Waals surface area contributed by atoms with Gasteiger partial charge in [-0.3, -0.25) is 0 Å². The van der Waals surface area contributed by atoms with Crippen molar-refractivity contribution < 1.29 is 12.8 Å². The number of aromatic nitrogens is 1. The van der Waals surface area contributed by atoms with Crippen molar-refractivity contribution in [1.29, 1.82) is 0 Å². The predicted octanol–water partition coefficient (Wildman–Crippen LogP) is 4.75. The molecule has 7 heteroatoms. The van der Waals surface area contributed by atoms with Gasteiger partial charge in [0.2, 0.25) is 26.6 Å². The van der Waals surface area contributed by atoms with Crippen molar-refractivity contribution >= 4 is 27.1 Å². The van der Waals surface area contributed by atoms with Gasteiger partial charge in [-0.1, -0.05) is 30.7 Å². The maximum atomic E-state index is 13.1. The van der Waals surface area contributed by atoms with Crippen LogP contribution in [0.5, 0.6) is 0 Å². The summed E-state index contributed by atoms with van der Waals surface area (Å²) in [6, 6.07) is 10.5. The molecule has 0 saturated carbocycles. The van der Waals surface area contributed by atoms with Crippen LogP contribution in [-0.2, 0) is 9.84 Å². The van der Waals surface area contributed by atoms with Crippen molar-refractivity contribution in [2.75, 3.05) is 5.32 Å². The number of rotatable bonds is 6. The summed E-state index contributed by atoms with van der Waals surface area (Å²) >= 11 is 1.45. The van der Waals surface area contributed by atoms with Crippen LogP contribution in [0, 0.1) is 6.92 Å². The molecule has 0 aliphatic carbocycles. The standard InChI is InChI=1S/C18H20N2O3S2/c1-4-13(3)19-17-18(20-16(23-17)15-6-5-11-24-15)25(21,22)14-9-7-12(2)8-10-14/h5-11,13,19H,4H2,1-3H3. The van der Waals surface area contributed by atoms with E-state index in [1.54, 1.807) is 24.3 Å². The number of hydrogen-bond acceptors (Lipinski definition) is 6. The third kappa shape index (κ3) is 3.62.